The first-order valence-corrected chi connectivity index (χ1v) is 14.2. The molecule has 4 aromatic rings. The number of pyridine rings is 1. The Morgan fingerprint density at radius 3 is 2.59 bits per heavy atom. The Bertz CT molecular complexity index is 1710. The number of hydrogen-bond donors (Lipinski definition) is 3. The van der Waals surface area contributed by atoms with E-state index in [0.717, 1.165) is 10.5 Å². The van der Waals surface area contributed by atoms with E-state index in [9.17, 15) is 19.1 Å². The van der Waals surface area contributed by atoms with Gasteiger partial charge in [-0.3, -0.25) is 4.79 Å². The summed E-state index contributed by atoms with van der Waals surface area (Å²) in [4.78, 5) is 38.4. The van der Waals surface area contributed by atoms with Crippen LogP contribution in [0.5, 0.6) is 11.6 Å². The van der Waals surface area contributed by atoms with Gasteiger partial charge in [-0.25, -0.2) is 28.5 Å². The number of fused-ring (bicyclic) bond motifs is 1. The van der Waals surface area contributed by atoms with Gasteiger partial charge in [0.05, 0.1) is 23.5 Å². The van der Waals surface area contributed by atoms with Crippen LogP contribution in [0.25, 0.3) is 22.0 Å². The molecular weight excluding hydrogens is 570 g/mol. The van der Waals surface area contributed by atoms with Gasteiger partial charge in [0.2, 0.25) is 17.7 Å². The number of alkyl halides is 1. The highest BCUT2D eigenvalue weighted by atomic mass is 19.1. The van der Waals surface area contributed by atoms with Crippen molar-refractivity contribution >= 4 is 34.4 Å². The third kappa shape index (κ3) is 7.01. The number of nitrogens with one attached hydrogen (secondary N) is 2. The SMILES string of the molecule is Cc1ccc2c(NC(=O)CC(C)(C)C)c(F)ccc2c1Oc1ncccc1-c1ccnc(NC2CC(F)CN(C(=O)O)C2)n1. The summed E-state index contributed by atoms with van der Waals surface area (Å²) in [5.41, 5.74) is 1.57. The predicted molar refractivity (Wildman–Crippen MR) is 163 cm³/mol. The van der Waals surface area contributed by atoms with E-state index in [1.165, 1.54) is 12.3 Å². The summed E-state index contributed by atoms with van der Waals surface area (Å²) in [7, 11) is 0. The van der Waals surface area contributed by atoms with E-state index in [0.29, 0.717) is 27.8 Å². The molecule has 2 aromatic heterocycles. The molecule has 2 unspecified atom stereocenters. The summed E-state index contributed by atoms with van der Waals surface area (Å²) in [6.07, 6.45) is 0.961. The largest absolute Gasteiger partial charge is 0.465 e. The van der Waals surface area contributed by atoms with E-state index in [2.05, 4.69) is 25.6 Å². The molecule has 2 atom stereocenters. The van der Waals surface area contributed by atoms with E-state index < -0.39 is 24.1 Å². The van der Waals surface area contributed by atoms with Gasteiger partial charge >= 0.3 is 6.09 Å². The third-order valence-electron chi connectivity index (χ3n) is 7.16. The molecule has 2 aromatic carbocycles. The van der Waals surface area contributed by atoms with Gasteiger partial charge in [0.15, 0.2) is 0 Å². The van der Waals surface area contributed by atoms with Crippen LogP contribution in [-0.4, -0.2) is 62.3 Å². The average molecular weight is 605 g/mol. The Morgan fingerprint density at radius 2 is 1.84 bits per heavy atom. The zero-order chi connectivity index (χ0) is 31.6. The molecule has 5 rings (SSSR count). The number of nitrogens with zero attached hydrogens (tertiary/aromatic N) is 4. The molecule has 2 amide bonds. The van der Waals surface area contributed by atoms with Gasteiger partial charge < -0.3 is 25.4 Å². The Balaban J connectivity index is 1.45. The smallest absolute Gasteiger partial charge is 0.407 e. The number of carbonyl (C=O) groups excluding carboxylic acids is 1. The summed E-state index contributed by atoms with van der Waals surface area (Å²) >= 11 is 0. The van der Waals surface area contributed by atoms with Crippen LogP contribution < -0.4 is 15.4 Å². The number of benzene rings is 2. The average Bonchev–Trinajstić information content (AvgIpc) is 2.95. The summed E-state index contributed by atoms with van der Waals surface area (Å²) in [5, 5.41) is 16.2. The van der Waals surface area contributed by atoms with E-state index in [-0.39, 0.29) is 54.8 Å². The van der Waals surface area contributed by atoms with E-state index in [1.54, 1.807) is 42.6 Å². The fourth-order valence-electron chi connectivity index (χ4n) is 5.21. The summed E-state index contributed by atoms with van der Waals surface area (Å²) in [5.74, 6) is 0.0185. The number of likely N-dealkylation sites (tertiary alicyclic amines) is 1. The number of ether oxygens (including phenoxy) is 1. The number of aromatic nitrogens is 3. The zero-order valence-electron chi connectivity index (χ0n) is 24.9. The van der Waals surface area contributed by atoms with Gasteiger partial charge in [-0.2, -0.15) is 0 Å². The molecule has 3 N–H and O–H groups in total. The second-order valence-electron chi connectivity index (χ2n) is 12.1. The quantitative estimate of drug-likeness (QED) is 0.210. The molecule has 1 aliphatic rings. The first kappa shape index (κ1) is 30.6. The first-order chi connectivity index (χ1) is 20.9. The lowest BCUT2D eigenvalue weighted by Gasteiger charge is -2.33. The van der Waals surface area contributed by atoms with Crippen molar-refractivity contribution in [2.24, 2.45) is 5.41 Å². The Morgan fingerprint density at radius 1 is 1.07 bits per heavy atom. The van der Waals surface area contributed by atoms with Crippen LogP contribution in [0.2, 0.25) is 0 Å². The van der Waals surface area contributed by atoms with Gasteiger partial charge in [-0.05, 0) is 48.2 Å². The van der Waals surface area contributed by atoms with Gasteiger partial charge in [0, 0.05) is 48.6 Å². The van der Waals surface area contributed by atoms with Crippen LogP contribution in [0, 0.1) is 18.2 Å². The molecule has 1 aliphatic heterocycles. The topological polar surface area (TPSA) is 130 Å². The van der Waals surface area contributed by atoms with Gasteiger partial charge in [0.1, 0.15) is 17.7 Å². The lowest BCUT2D eigenvalue weighted by Crippen LogP contribution is -2.49. The standard InChI is InChI=1S/C32H34F2N6O4/c1-18-7-8-21-22(9-10-24(34)27(21)39-26(41)15-32(2,3)4)28(18)44-29-23(6-5-12-35-29)25-11-13-36-30(38-25)37-20-14-19(33)16-40(17-20)31(42)43/h5-13,19-20H,14-17H2,1-4H3,(H,39,41)(H,42,43)(H,36,37,38). The molecule has 44 heavy (non-hydrogen) atoms. The highest BCUT2D eigenvalue weighted by Crippen LogP contribution is 2.39. The van der Waals surface area contributed by atoms with Crippen molar-refractivity contribution in [1.82, 2.24) is 19.9 Å². The molecule has 3 heterocycles. The lowest BCUT2D eigenvalue weighted by atomic mass is 9.92. The zero-order valence-corrected chi connectivity index (χ0v) is 24.9. The number of carbonyl (C=O) groups is 2. The Labute approximate surface area is 253 Å². The van der Waals surface area contributed by atoms with Crippen LogP contribution in [0.4, 0.5) is 25.2 Å². The first-order valence-electron chi connectivity index (χ1n) is 14.2. The van der Waals surface area contributed by atoms with Crippen LogP contribution in [-0.2, 0) is 4.79 Å². The van der Waals surface area contributed by atoms with Crippen LogP contribution >= 0.6 is 0 Å². The molecule has 0 spiro atoms. The van der Waals surface area contributed by atoms with E-state index in [4.69, 9.17) is 4.74 Å². The molecule has 0 radical (unpaired) electrons. The number of piperidine rings is 1. The van der Waals surface area contributed by atoms with Crippen LogP contribution in [0.3, 0.4) is 0 Å². The summed E-state index contributed by atoms with van der Waals surface area (Å²) in [6, 6.07) is 11.1. The minimum Gasteiger partial charge on any atom is -0.465 e. The third-order valence-corrected chi connectivity index (χ3v) is 7.16. The molecule has 1 fully saturated rings. The maximum atomic E-state index is 15.0. The van der Waals surface area contributed by atoms with Crippen molar-refractivity contribution in [2.45, 2.75) is 52.8 Å². The predicted octanol–water partition coefficient (Wildman–Crippen LogP) is 6.81. The molecule has 12 heteroatoms. The maximum Gasteiger partial charge on any atom is 0.407 e. The second kappa shape index (κ2) is 12.4. The fourth-order valence-corrected chi connectivity index (χ4v) is 5.21. The van der Waals surface area contributed by atoms with Crippen LogP contribution in [0.1, 0.15) is 39.2 Å². The molecule has 230 valence electrons. The highest BCUT2D eigenvalue weighted by Gasteiger charge is 2.30. The Kier molecular flexibility index (Phi) is 8.61. The summed E-state index contributed by atoms with van der Waals surface area (Å²) < 4.78 is 35.6. The number of halogens is 2. The minimum atomic E-state index is -1.30. The van der Waals surface area contributed by atoms with Gasteiger partial charge in [0.25, 0.3) is 0 Å². The fraction of sp³-hybridized carbons (Fsp3) is 0.344. The Hall–Kier alpha value is -4.87. The van der Waals surface area contributed by atoms with Gasteiger partial charge in [-0.15, -0.1) is 0 Å². The number of anilines is 2. The number of carboxylic acid groups (broad SMARTS) is 1. The number of hydrogen-bond acceptors (Lipinski definition) is 7. The molecular formula is C32H34F2N6O4. The molecule has 10 nitrogen and oxygen atoms in total. The maximum absolute atomic E-state index is 15.0. The van der Waals surface area contributed by atoms with E-state index in [1.807, 2.05) is 27.7 Å². The van der Waals surface area contributed by atoms with Gasteiger partial charge in [-0.1, -0.05) is 32.9 Å². The highest BCUT2D eigenvalue weighted by molar-refractivity contribution is 6.05. The normalized spacial score (nSPS) is 16.9. The summed E-state index contributed by atoms with van der Waals surface area (Å²) in [6.45, 7) is 7.59. The molecule has 0 aliphatic carbocycles. The van der Waals surface area contributed by atoms with Crippen molar-refractivity contribution in [3.8, 4) is 22.9 Å². The number of amides is 2. The van der Waals surface area contributed by atoms with Crippen molar-refractivity contribution in [3.05, 3.63) is 66.2 Å². The molecule has 0 saturated carbocycles. The lowest BCUT2D eigenvalue weighted by molar-refractivity contribution is -0.117. The number of rotatable bonds is 7. The number of aryl methyl sites for hydroxylation is 1. The monoisotopic (exact) mass is 604 g/mol. The van der Waals surface area contributed by atoms with E-state index >= 15 is 4.39 Å². The van der Waals surface area contributed by atoms with Crippen molar-refractivity contribution in [2.75, 3.05) is 23.7 Å². The molecule has 0 bridgehead atoms. The van der Waals surface area contributed by atoms with Crippen molar-refractivity contribution < 1.29 is 28.2 Å². The van der Waals surface area contributed by atoms with Crippen molar-refractivity contribution in [1.29, 1.82) is 0 Å². The van der Waals surface area contributed by atoms with Crippen molar-refractivity contribution in [3.63, 3.8) is 0 Å². The second-order valence-corrected chi connectivity index (χ2v) is 12.1. The molecule has 1 saturated heterocycles. The van der Waals surface area contributed by atoms with Crippen LogP contribution in [0.15, 0.2) is 54.9 Å². The minimum absolute atomic E-state index is 0.0778.